The maximum absolute atomic E-state index is 11.5. The van der Waals surface area contributed by atoms with Gasteiger partial charge in [0.15, 0.2) is 0 Å². The van der Waals surface area contributed by atoms with E-state index in [2.05, 4.69) is 0 Å². The van der Waals surface area contributed by atoms with Gasteiger partial charge in [-0.15, -0.1) is 0 Å². The average molecular weight is 246 g/mol. The van der Waals surface area contributed by atoms with Crippen molar-refractivity contribution in [3.63, 3.8) is 0 Å². The molecule has 0 heterocycles. The van der Waals surface area contributed by atoms with Crippen LogP contribution < -0.4 is 0 Å². The van der Waals surface area contributed by atoms with Gasteiger partial charge in [0.1, 0.15) is 0 Å². The molecule has 6 saturated carbocycles. The van der Waals surface area contributed by atoms with Gasteiger partial charge in [-0.05, 0) is 81.0 Å². The minimum atomic E-state index is -0.195. The molecule has 6 aliphatic rings. The van der Waals surface area contributed by atoms with Gasteiger partial charge >= 0.3 is 0 Å². The highest BCUT2D eigenvalue weighted by molar-refractivity contribution is 5.24. The quantitative estimate of drug-likeness (QED) is 0.747. The molecular formula is C17H26O. The molecule has 1 heteroatoms. The fourth-order valence-corrected chi connectivity index (χ4v) is 7.48. The number of hydrogen-bond acceptors (Lipinski definition) is 1. The molecule has 1 N–H and O–H groups in total. The van der Waals surface area contributed by atoms with Crippen LogP contribution in [0.3, 0.4) is 0 Å². The van der Waals surface area contributed by atoms with Crippen molar-refractivity contribution in [3.05, 3.63) is 0 Å². The van der Waals surface area contributed by atoms with Crippen LogP contribution in [0.1, 0.15) is 64.2 Å². The molecule has 0 aromatic rings. The van der Waals surface area contributed by atoms with Crippen LogP contribution in [0.25, 0.3) is 0 Å². The summed E-state index contributed by atoms with van der Waals surface area (Å²) in [5.41, 5.74) is 0.195. The molecule has 0 aromatic carbocycles. The Morgan fingerprint density at radius 1 is 0.722 bits per heavy atom. The van der Waals surface area contributed by atoms with E-state index in [9.17, 15) is 5.11 Å². The molecule has 0 aromatic heterocycles. The molecule has 2 atom stereocenters. The second kappa shape index (κ2) is 3.16. The zero-order valence-corrected chi connectivity index (χ0v) is 11.4. The summed E-state index contributed by atoms with van der Waals surface area (Å²) in [5, 5.41) is 11.5. The summed E-state index contributed by atoms with van der Waals surface area (Å²) in [6, 6.07) is 0. The van der Waals surface area contributed by atoms with Crippen LogP contribution in [-0.2, 0) is 0 Å². The van der Waals surface area contributed by atoms with Gasteiger partial charge in [0.25, 0.3) is 0 Å². The molecule has 2 unspecified atom stereocenters. The fraction of sp³-hybridized carbons (Fsp3) is 1.00. The minimum absolute atomic E-state index is 0.195. The van der Waals surface area contributed by atoms with E-state index in [-0.39, 0.29) is 5.60 Å². The Balaban J connectivity index is 1.52. The van der Waals surface area contributed by atoms with Gasteiger partial charge in [0, 0.05) is 5.41 Å². The van der Waals surface area contributed by atoms with E-state index >= 15 is 0 Å². The summed E-state index contributed by atoms with van der Waals surface area (Å²) < 4.78 is 0. The third-order valence-electron chi connectivity index (χ3n) is 7.68. The molecule has 6 aliphatic carbocycles. The topological polar surface area (TPSA) is 20.2 Å². The fourth-order valence-electron chi connectivity index (χ4n) is 7.48. The summed E-state index contributed by atoms with van der Waals surface area (Å²) in [4.78, 5) is 0. The zero-order valence-electron chi connectivity index (χ0n) is 11.4. The average Bonchev–Trinajstić information content (AvgIpc) is 2.97. The van der Waals surface area contributed by atoms with Crippen molar-refractivity contribution in [2.24, 2.45) is 35.0 Å². The Hall–Kier alpha value is -0.0400. The first-order valence-corrected chi connectivity index (χ1v) is 8.44. The first-order chi connectivity index (χ1) is 8.71. The third kappa shape index (κ3) is 1.10. The van der Waals surface area contributed by atoms with Gasteiger partial charge in [-0.25, -0.2) is 0 Å². The van der Waals surface area contributed by atoms with Crippen LogP contribution in [0.5, 0.6) is 0 Å². The second-order valence-corrected chi connectivity index (χ2v) is 8.52. The predicted octanol–water partition coefficient (Wildman–Crippen LogP) is 3.75. The molecule has 0 spiro atoms. The molecule has 4 bridgehead atoms. The largest absolute Gasteiger partial charge is 0.389 e. The van der Waals surface area contributed by atoms with E-state index in [0.717, 1.165) is 17.8 Å². The Morgan fingerprint density at radius 3 is 1.61 bits per heavy atom. The number of aliphatic hydroxyl groups is 1. The van der Waals surface area contributed by atoms with E-state index in [1.54, 1.807) is 0 Å². The molecule has 18 heavy (non-hydrogen) atoms. The minimum Gasteiger partial charge on any atom is -0.389 e. The lowest BCUT2D eigenvalue weighted by molar-refractivity contribution is -0.144. The normalized spacial score (nSPS) is 64.8. The monoisotopic (exact) mass is 246 g/mol. The Labute approximate surface area is 110 Å². The van der Waals surface area contributed by atoms with Gasteiger partial charge in [-0.3, -0.25) is 0 Å². The first-order valence-electron chi connectivity index (χ1n) is 8.44. The van der Waals surface area contributed by atoms with Crippen molar-refractivity contribution in [1.29, 1.82) is 0 Å². The van der Waals surface area contributed by atoms with Crippen LogP contribution in [0.2, 0.25) is 0 Å². The molecule has 100 valence electrons. The van der Waals surface area contributed by atoms with Crippen LogP contribution in [0, 0.1) is 35.0 Å². The summed E-state index contributed by atoms with van der Waals surface area (Å²) in [7, 11) is 0. The summed E-state index contributed by atoms with van der Waals surface area (Å²) >= 11 is 0. The van der Waals surface area contributed by atoms with Crippen LogP contribution >= 0.6 is 0 Å². The van der Waals surface area contributed by atoms with E-state index in [4.69, 9.17) is 0 Å². The molecule has 6 fully saturated rings. The molecular weight excluding hydrogens is 220 g/mol. The van der Waals surface area contributed by atoms with E-state index in [0.29, 0.717) is 17.3 Å². The van der Waals surface area contributed by atoms with Crippen LogP contribution in [-0.4, -0.2) is 10.7 Å². The Morgan fingerprint density at radius 2 is 1.17 bits per heavy atom. The maximum atomic E-state index is 11.5. The highest BCUT2D eigenvalue weighted by Gasteiger charge is 2.75. The van der Waals surface area contributed by atoms with Crippen LogP contribution in [0.4, 0.5) is 0 Å². The molecule has 0 amide bonds. The Kier molecular flexibility index (Phi) is 1.88. The van der Waals surface area contributed by atoms with Gasteiger partial charge in [0.2, 0.25) is 0 Å². The predicted molar refractivity (Wildman–Crippen MR) is 71.0 cm³/mol. The highest BCUT2D eigenvalue weighted by atomic mass is 16.3. The SMILES string of the molecule is OC1(C23CC4CC(CC(C4)C2)C3)C2CCCCC21. The van der Waals surface area contributed by atoms with Gasteiger partial charge < -0.3 is 5.11 Å². The molecule has 1 nitrogen and oxygen atoms in total. The maximum Gasteiger partial charge on any atom is 0.0767 e. The summed E-state index contributed by atoms with van der Waals surface area (Å²) in [5.74, 6) is 4.39. The lowest BCUT2D eigenvalue weighted by Gasteiger charge is -2.59. The number of hydrogen-bond donors (Lipinski definition) is 1. The van der Waals surface area contributed by atoms with Gasteiger partial charge in [0.05, 0.1) is 5.60 Å². The zero-order chi connectivity index (χ0) is 12.0. The summed E-state index contributed by atoms with van der Waals surface area (Å²) in [6.45, 7) is 0. The smallest absolute Gasteiger partial charge is 0.0767 e. The van der Waals surface area contributed by atoms with Crippen LogP contribution in [0.15, 0.2) is 0 Å². The van der Waals surface area contributed by atoms with Gasteiger partial charge in [-0.2, -0.15) is 0 Å². The van der Waals surface area contributed by atoms with E-state index in [1.807, 2.05) is 0 Å². The van der Waals surface area contributed by atoms with Crippen molar-refractivity contribution in [1.82, 2.24) is 0 Å². The van der Waals surface area contributed by atoms with E-state index < -0.39 is 0 Å². The van der Waals surface area contributed by atoms with Gasteiger partial charge in [-0.1, -0.05) is 12.8 Å². The highest BCUT2D eigenvalue weighted by Crippen LogP contribution is 2.75. The lowest BCUT2D eigenvalue weighted by atomic mass is 9.47. The standard InChI is InChI=1S/C17H26O/c18-17(14-3-1-2-4-15(14)17)16-8-11-5-12(9-16)7-13(6-11)10-16/h11-15,18H,1-10H2. The van der Waals surface area contributed by atoms with Crippen molar-refractivity contribution in [2.45, 2.75) is 69.8 Å². The second-order valence-electron chi connectivity index (χ2n) is 8.52. The summed E-state index contributed by atoms with van der Waals surface area (Å²) in [6.07, 6.45) is 14.1. The van der Waals surface area contributed by atoms with E-state index in [1.165, 1.54) is 64.2 Å². The third-order valence-corrected chi connectivity index (χ3v) is 7.68. The molecule has 0 radical (unpaired) electrons. The molecule has 0 saturated heterocycles. The number of rotatable bonds is 1. The van der Waals surface area contributed by atoms with Crippen molar-refractivity contribution < 1.29 is 5.11 Å². The van der Waals surface area contributed by atoms with Crippen molar-refractivity contribution in [3.8, 4) is 0 Å². The Bertz CT molecular complexity index is 338. The van der Waals surface area contributed by atoms with Crippen molar-refractivity contribution in [2.75, 3.05) is 0 Å². The van der Waals surface area contributed by atoms with Crippen molar-refractivity contribution >= 4 is 0 Å². The molecule has 6 rings (SSSR count). The molecule has 0 aliphatic heterocycles. The lowest BCUT2D eigenvalue weighted by Crippen LogP contribution is -2.54. The number of fused-ring (bicyclic) bond motifs is 1. The first kappa shape index (κ1) is 10.7.